The smallest absolute Gasteiger partial charge is 0.410 e. The molecule has 1 amide bonds. The van der Waals surface area contributed by atoms with Gasteiger partial charge < -0.3 is 24.2 Å². The monoisotopic (exact) mass is 365 g/mol. The van der Waals surface area contributed by atoms with Crippen LogP contribution in [0.3, 0.4) is 0 Å². The Kier molecular flexibility index (Phi) is 6.47. The SMILES string of the molecule is COc1ccccc1C(OC1CCN(C(=O)OC(C)(C)C)CC1)C(=O)O. The van der Waals surface area contributed by atoms with Crippen molar-refractivity contribution in [2.45, 2.75) is 51.4 Å². The second-order valence-electron chi connectivity index (χ2n) is 7.26. The van der Waals surface area contributed by atoms with Crippen molar-refractivity contribution in [3.8, 4) is 5.75 Å². The van der Waals surface area contributed by atoms with Crippen molar-refractivity contribution in [1.29, 1.82) is 0 Å². The number of carbonyl (C=O) groups is 2. The fraction of sp³-hybridized carbons (Fsp3) is 0.579. The molecule has 1 aliphatic rings. The number of rotatable bonds is 5. The predicted octanol–water partition coefficient (Wildman–Crippen LogP) is 3.24. The van der Waals surface area contributed by atoms with Gasteiger partial charge in [0.15, 0.2) is 6.10 Å². The van der Waals surface area contributed by atoms with Crippen molar-refractivity contribution in [3.63, 3.8) is 0 Å². The van der Waals surface area contributed by atoms with Crippen LogP contribution in [0.2, 0.25) is 0 Å². The maximum absolute atomic E-state index is 12.1. The summed E-state index contributed by atoms with van der Waals surface area (Å²) in [4.78, 5) is 25.4. The van der Waals surface area contributed by atoms with E-state index in [4.69, 9.17) is 14.2 Å². The van der Waals surface area contributed by atoms with Gasteiger partial charge in [0.05, 0.1) is 13.2 Å². The molecule has 144 valence electrons. The maximum Gasteiger partial charge on any atom is 0.410 e. The molecule has 2 rings (SSSR count). The molecule has 26 heavy (non-hydrogen) atoms. The molecule has 7 heteroatoms. The zero-order valence-corrected chi connectivity index (χ0v) is 15.7. The average Bonchev–Trinajstić information content (AvgIpc) is 2.58. The first-order chi connectivity index (χ1) is 12.2. The normalized spacial score (nSPS) is 16.8. The van der Waals surface area contributed by atoms with Gasteiger partial charge in [0, 0.05) is 18.7 Å². The van der Waals surface area contributed by atoms with Gasteiger partial charge in [-0.05, 0) is 39.7 Å². The van der Waals surface area contributed by atoms with Gasteiger partial charge in [0.1, 0.15) is 11.4 Å². The summed E-state index contributed by atoms with van der Waals surface area (Å²) in [7, 11) is 1.50. The van der Waals surface area contributed by atoms with Crippen LogP contribution < -0.4 is 4.74 Å². The number of piperidine rings is 1. The van der Waals surface area contributed by atoms with Crippen LogP contribution in [-0.4, -0.2) is 54.0 Å². The highest BCUT2D eigenvalue weighted by Gasteiger charge is 2.32. The molecule has 1 aromatic carbocycles. The molecule has 1 aliphatic heterocycles. The molecule has 1 N–H and O–H groups in total. The van der Waals surface area contributed by atoms with E-state index in [1.54, 1.807) is 29.2 Å². The number of nitrogens with zero attached hydrogens (tertiary/aromatic N) is 1. The summed E-state index contributed by atoms with van der Waals surface area (Å²) in [5.74, 6) is -0.588. The van der Waals surface area contributed by atoms with Crippen LogP contribution in [0.4, 0.5) is 4.79 Å². The van der Waals surface area contributed by atoms with E-state index >= 15 is 0 Å². The first-order valence-electron chi connectivity index (χ1n) is 8.70. The molecule has 1 aromatic rings. The number of ether oxygens (including phenoxy) is 3. The van der Waals surface area contributed by atoms with Gasteiger partial charge in [-0.1, -0.05) is 18.2 Å². The van der Waals surface area contributed by atoms with E-state index in [2.05, 4.69) is 0 Å². The summed E-state index contributed by atoms with van der Waals surface area (Å²) in [6.45, 7) is 6.41. The number of carboxylic acid groups (broad SMARTS) is 1. The molecule has 1 fully saturated rings. The second-order valence-corrected chi connectivity index (χ2v) is 7.26. The molecular weight excluding hydrogens is 338 g/mol. The minimum absolute atomic E-state index is 0.250. The number of benzene rings is 1. The van der Waals surface area contributed by atoms with Gasteiger partial charge in [-0.3, -0.25) is 0 Å². The number of hydrogen-bond donors (Lipinski definition) is 1. The molecule has 7 nitrogen and oxygen atoms in total. The maximum atomic E-state index is 12.1. The highest BCUT2D eigenvalue weighted by atomic mass is 16.6. The first-order valence-corrected chi connectivity index (χ1v) is 8.70. The van der Waals surface area contributed by atoms with Crippen molar-refractivity contribution in [1.82, 2.24) is 4.90 Å². The van der Waals surface area contributed by atoms with Crippen LogP contribution in [0.5, 0.6) is 5.75 Å². The fourth-order valence-electron chi connectivity index (χ4n) is 2.84. The molecule has 1 unspecified atom stereocenters. The average molecular weight is 365 g/mol. The number of likely N-dealkylation sites (tertiary alicyclic amines) is 1. The van der Waals surface area contributed by atoms with E-state index in [9.17, 15) is 14.7 Å². The third-order valence-electron chi connectivity index (χ3n) is 4.07. The summed E-state index contributed by atoms with van der Waals surface area (Å²) in [6, 6.07) is 6.93. The Bertz CT molecular complexity index is 631. The molecule has 0 bridgehead atoms. The molecule has 1 saturated heterocycles. The summed E-state index contributed by atoms with van der Waals surface area (Å²) in [6.07, 6.45) is -0.601. The molecule has 0 spiro atoms. The van der Waals surface area contributed by atoms with Gasteiger partial charge in [-0.25, -0.2) is 9.59 Å². The van der Waals surface area contributed by atoms with Crippen LogP contribution in [0.15, 0.2) is 24.3 Å². The highest BCUT2D eigenvalue weighted by Crippen LogP contribution is 2.30. The lowest BCUT2D eigenvalue weighted by molar-refractivity contribution is -0.157. The van der Waals surface area contributed by atoms with E-state index in [1.807, 2.05) is 20.8 Å². The van der Waals surface area contributed by atoms with Crippen LogP contribution in [-0.2, 0) is 14.3 Å². The molecule has 0 aromatic heterocycles. The summed E-state index contributed by atoms with van der Waals surface area (Å²) in [5.41, 5.74) is -0.0556. The minimum atomic E-state index is -1.11. The topological polar surface area (TPSA) is 85.3 Å². The van der Waals surface area contributed by atoms with Gasteiger partial charge in [0.25, 0.3) is 0 Å². The van der Waals surface area contributed by atoms with E-state index in [1.165, 1.54) is 7.11 Å². The van der Waals surface area contributed by atoms with Gasteiger partial charge in [-0.2, -0.15) is 0 Å². The molecular formula is C19H27NO6. The molecule has 0 radical (unpaired) electrons. The number of methoxy groups -OCH3 is 1. The van der Waals surface area contributed by atoms with E-state index in [-0.39, 0.29) is 12.2 Å². The molecule has 0 aliphatic carbocycles. The van der Waals surface area contributed by atoms with Gasteiger partial charge in [0.2, 0.25) is 0 Å². The zero-order valence-electron chi connectivity index (χ0n) is 15.7. The van der Waals surface area contributed by atoms with Crippen molar-refractivity contribution < 1.29 is 28.9 Å². The summed E-state index contributed by atoms with van der Waals surface area (Å²) >= 11 is 0. The molecule has 1 heterocycles. The van der Waals surface area contributed by atoms with E-state index < -0.39 is 17.7 Å². The summed E-state index contributed by atoms with van der Waals surface area (Å²) < 4.78 is 16.5. The lowest BCUT2D eigenvalue weighted by Gasteiger charge is -2.34. The number of aliphatic carboxylic acids is 1. The Balaban J connectivity index is 1.98. The number of para-hydroxylation sites is 1. The van der Waals surface area contributed by atoms with Gasteiger partial charge >= 0.3 is 12.1 Å². The zero-order chi connectivity index (χ0) is 19.3. The second kappa shape index (κ2) is 8.40. The highest BCUT2D eigenvalue weighted by molar-refractivity contribution is 5.75. The largest absolute Gasteiger partial charge is 0.496 e. The lowest BCUT2D eigenvalue weighted by atomic mass is 10.1. The number of amides is 1. The number of hydrogen-bond acceptors (Lipinski definition) is 5. The minimum Gasteiger partial charge on any atom is -0.496 e. The molecule has 1 atom stereocenters. The van der Waals surface area contributed by atoms with Crippen molar-refractivity contribution in [3.05, 3.63) is 29.8 Å². The Morgan fingerprint density at radius 1 is 1.19 bits per heavy atom. The van der Waals surface area contributed by atoms with Crippen LogP contribution in [0.25, 0.3) is 0 Å². The number of carboxylic acids is 1. The fourth-order valence-corrected chi connectivity index (χ4v) is 2.84. The quantitative estimate of drug-likeness (QED) is 0.862. The Hall–Kier alpha value is -2.28. The predicted molar refractivity (Wildman–Crippen MR) is 95.3 cm³/mol. The summed E-state index contributed by atoms with van der Waals surface area (Å²) in [5, 5.41) is 9.58. The first kappa shape index (κ1) is 20.0. The standard InChI is InChI=1S/C19H27NO6/c1-19(2,3)26-18(23)20-11-9-13(10-12-20)25-16(17(21)22)14-7-5-6-8-15(14)24-4/h5-8,13,16H,9-12H2,1-4H3,(H,21,22). The Morgan fingerprint density at radius 2 is 1.81 bits per heavy atom. The Morgan fingerprint density at radius 3 is 2.35 bits per heavy atom. The molecule has 0 saturated carbocycles. The van der Waals surface area contributed by atoms with Gasteiger partial charge in [-0.15, -0.1) is 0 Å². The van der Waals surface area contributed by atoms with E-state index in [0.717, 1.165) is 0 Å². The number of carbonyl (C=O) groups excluding carboxylic acids is 1. The van der Waals surface area contributed by atoms with Crippen LogP contribution in [0.1, 0.15) is 45.3 Å². The van der Waals surface area contributed by atoms with E-state index in [0.29, 0.717) is 37.2 Å². The lowest BCUT2D eigenvalue weighted by Crippen LogP contribution is -2.44. The van der Waals surface area contributed by atoms with Crippen molar-refractivity contribution in [2.24, 2.45) is 0 Å². The van der Waals surface area contributed by atoms with Crippen molar-refractivity contribution >= 4 is 12.1 Å². The Labute approximate surface area is 153 Å². The van der Waals surface area contributed by atoms with Crippen LogP contribution in [0, 0.1) is 0 Å². The van der Waals surface area contributed by atoms with Crippen molar-refractivity contribution in [2.75, 3.05) is 20.2 Å². The van der Waals surface area contributed by atoms with Crippen LogP contribution >= 0.6 is 0 Å². The third-order valence-corrected chi connectivity index (χ3v) is 4.07. The third kappa shape index (κ3) is 5.36.